The van der Waals surface area contributed by atoms with Gasteiger partial charge in [0.25, 0.3) is 5.91 Å². The van der Waals surface area contributed by atoms with Crippen molar-refractivity contribution in [2.45, 2.75) is 32.7 Å². The molecule has 0 radical (unpaired) electrons. The minimum Gasteiger partial charge on any atom is -0.356 e. The average molecular weight is 475 g/mol. The standard InChI is InChI=1S/C21H23BrN4O2S/c1-21(2)14(11-23-19(27)9-13-8-18(22)29-12-13)10-17(21)25-20(28)15-4-3-7-26-16(15)5-6-24-26/h3-8,12,14,17H,9-11H2,1-2H3,(H,23,27)(H,25,28). The molecule has 0 bridgehead atoms. The Morgan fingerprint density at radius 3 is 2.93 bits per heavy atom. The van der Waals surface area contributed by atoms with Crippen LogP contribution in [0, 0.1) is 11.3 Å². The monoisotopic (exact) mass is 474 g/mol. The summed E-state index contributed by atoms with van der Waals surface area (Å²) < 4.78 is 2.73. The van der Waals surface area contributed by atoms with Gasteiger partial charge in [-0.25, -0.2) is 4.52 Å². The van der Waals surface area contributed by atoms with E-state index in [1.54, 1.807) is 22.0 Å². The predicted molar refractivity (Wildman–Crippen MR) is 117 cm³/mol. The van der Waals surface area contributed by atoms with Crippen LogP contribution in [0.15, 0.2) is 45.8 Å². The van der Waals surface area contributed by atoms with E-state index in [4.69, 9.17) is 0 Å². The van der Waals surface area contributed by atoms with Gasteiger partial charge in [0, 0.05) is 18.8 Å². The first-order valence-electron chi connectivity index (χ1n) is 9.57. The Balaban J connectivity index is 1.31. The van der Waals surface area contributed by atoms with Gasteiger partial charge in [-0.3, -0.25) is 9.59 Å². The molecule has 2 unspecified atom stereocenters. The number of pyridine rings is 1. The highest BCUT2D eigenvalue weighted by Gasteiger charge is 2.48. The van der Waals surface area contributed by atoms with E-state index in [0.717, 1.165) is 21.3 Å². The maximum atomic E-state index is 12.8. The van der Waals surface area contributed by atoms with Crippen molar-refractivity contribution >= 4 is 44.6 Å². The Bertz CT molecular complexity index is 1060. The lowest BCUT2D eigenvalue weighted by Gasteiger charge is -2.52. The van der Waals surface area contributed by atoms with Gasteiger partial charge in [0.15, 0.2) is 0 Å². The van der Waals surface area contributed by atoms with Crippen LogP contribution >= 0.6 is 27.3 Å². The van der Waals surface area contributed by atoms with E-state index in [0.29, 0.717) is 24.4 Å². The van der Waals surface area contributed by atoms with E-state index in [2.05, 4.69) is 45.5 Å². The lowest BCUT2D eigenvalue weighted by molar-refractivity contribution is -0.121. The van der Waals surface area contributed by atoms with Crippen LogP contribution in [0.25, 0.3) is 5.52 Å². The highest BCUT2D eigenvalue weighted by atomic mass is 79.9. The fourth-order valence-corrected chi connectivity index (χ4v) is 5.12. The van der Waals surface area contributed by atoms with Crippen molar-refractivity contribution < 1.29 is 9.59 Å². The van der Waals surface area contributed by atoms with E-state index >= 15 is 0 Å². The number of carbonyl (C=O) groups is 2. The highest BCUT2D eigenvalue weighted by Crippen LogP contribution is 2.46. The second-order valence-electron chi connectivity index (χ2n) is 8.10. The zero-order chi connectivity index (χ0) is 20.6. The summed E-state index contributed by atoms with van der Waals surface area (Å²) in [6.07, 6.45) is 4.76. The fraction of sp³-hybridized carbons (Fsp3) is 0.381. The maximum Gasteiger partial charge on any atom is 0.253 e. The molecule has 1 fully saturated rings. The lowest BCUT2D eigenvalue weighted by atomic mass is 9.58. The average Bonchev–Trinajstić information content (AvgIpc) is 3.32. The highest BCUT2D eigenvalue weighted by molar-refractivity contribution is 9.11. The summed E-state index contributed by atoms with van der Waals surface area (Å²) in [6, 6.07) is 7.53. The minimum atomic E-state index is -0.0837. The van der Waals surface area contributed by atoms with Crippen molar-refractivity contribution in [2.24, 2.45) is 11.3 Å². The predicted octanol–water partition coefficient (Wildman–Crippen LogP) is 3.66. The summed E-state index contributed by atoms with van der Waals surface area (Å²) >= 11 is 5.00. The van der Waals surface area contributed by atoms with Gasteiger partial charge in [0.05, 0.1) is 27.5 Å². The molecule has 2 amide bonds. The van der Waals surface area contributed by atoms with Crippen LogP contribution in [-0.4, -0.2) is 34.0 Å². The molecule has 1 aliphatic rings. The number of fused-ring (bicyclic) bond motifs is 1. The van der Waals surface area contributed by atoms with Gasteiger partial charge in [-0.15, -0.1) is 11.3 Å². The second kappa shape index (κ2) is 7.91. The molecule has 152 valence electrons. The Kier molecular flexibility index (Phi) is 5.48. The van der Waals surface area contributed by atoms with Gasteiger partial charge in [-0.05, 0) is 68.9 Å². The number of nitrogens with zero attached hydrogens (tertiary/aromatic N) is 2. The zero-order valence-electron chi connectivity index (χ0n) is 16.3. The first kappa shape index (κ1) is 20.1. The van der Waals surface area contributed by atoms with Crippen LogP contribution in [0.2, 0.25) is 0 Å². The number of hydrogen-bond donors (Lipinski definition) is 2. The summed E-state index contributed by atoms with van der Waals surface area (Å²) in [4.78, 5) is 25.0. The summed E-state index contributed by atoms with van der Waals surface area (Å²) in [5.74, 6) is 0.280. The summed E-state index contributed by atoms with van der Waals surface area (Å²) in [5, 5.41) is 12.4. The largest absolute Gasteiger partial charge is 0.356 e. The van der Waals surface area contributed by atoms with Crippen molar-refractivity contribution in [1.29, 1.82) is 0 Å². The molecule has 3 heterocycles. The maximum absolute atomic E-state index is 12.8. The fourth-order valence-electron chi connectivity index (χ4n) is 3.91. The summed E-state index contributed by atoms with van der Waals surface area (Å²) in [7, 11) is 0. The quantitative estimate of drug-likeness (QED) is 0.572. The summed E-state index contributed by atoms with van der Waals surface area (Å²) in [6.45, 7) is 4.92. The van der Waals surface area contributed by atoms with Gasteiger partial charge in [0.2, 0.25) is 5.91 Å². The molecule has 0 saturated heterocycles. The van der Waals surface area contributed by atoms with Crippen molar-refractivity contribution in [3.63, 3.8) is 0 Å². The molecular formula is C21H23BrN4O2S. The third-order valence-corrected chi connectivity index (χ3v) is 7.54. The summed E-state index contributed by atoms with van der Waals surface area (Å²) in [5.41, 5.74) is 2.36. The van der Waals surface area contributed by atoms with Crippen molar-refractivity contribution in [3.8, 4) is 0 Å². The normalized spacial score (nSPS) is 20.2. The van der Waals surface area contributed by atoms with E-state index in [-0.39, 0.29) is 23.3 Å². The molecule has 3 aromatic heterocycles. The molecule has 2 N–H and O–H groups in total. The Labute approximate surface area is 181 Å². The number of nitrogens with one attached hydrogen (secondary N) is 2. The number of hydrogen-bond acceptors (Lipinski definition) is 4. The topological polar surface area (TPSA) is 75.5 Å². The van der Waals surface area contributed by atoms with Gasteiger partial charge in [0.1, 0.15) is 0 Å². The SMILES string of the molecule is CC1(C)C(CNC(=O)Cc2csc(Br)c2)CC1NC(=O)c1cccn2nccc12. The van der Waals surface area contributed by atoms with Crippen LogP contribution in [0.3, 0.4) is 0 Å². The van der Waals surface area contributed by atoms with Crippen LogP contribution in [-0.2, 0) is 11.2 Å². The van der Waals surface area contributed by atoms with Gasteiger partial charge in [-0.2, -0.15) is 5.10 Å². The number of amides is 2. The van der Waals surface area contributed by atoms with Crippen LogP contribution in [0.5, 0.6) is 0 Å². The molecule has 3 aromatic rings. The van der Waals surface area contributed by atoms with E-state index in [1.807, 2.05) is 35.8 Å². The Hall–Kier alpha value is -2.19. The first-order valence-corrected chi connectivity index (χ1v) is 11.2. The van der Waals surface area contributed by atoms with Crippen molar-refractivity contribution in [2.75, 3.05) is 6.54 Å². The smallest absolute Gasteiger partial charge is 0.253 e. The number of halogens is 1. The van der Waals surface area contributed by atoms with Crippen molar-refractivity contribution in [3.05, 3.63) is 57.0 Å². The number of carbonyl (C=O) groups excluding carboxylic acids is 2. The van der Waals surface area contributed by atoms with Gasteiger partial charge >= 0.3 is 0 Å². The number of thiophene rings is 1. The third-order valence-electron chi connectivity index (χ3n) is 5.99. The first-order chi connectivity index (χ1) is 13.8. The van der Waals surface area contributed by atoms with Crippen LogP contribution in [0.4, 0.5) is 0 Å². The van der Waals surface area contributed by atoms with Gasteiger partial charge < -0.3 is 10.6 Å². The Morgan fingerprint density at radius 2 is 2.21 bits per heavy atom. The molecule has 0 aliphatic heterocycles. The number of aromatic nitrogens is 2. The molecule has 2 atom stereocenters. The molecule has 1 aliphatic carbocycles. The minimum absolute atomic E-state index is 0.0333. The van der Waals surface area contributed by atoms with Crippen LogP contribution in [0.1, 0.15) is 36.2 Å². The lowest BCUT2D eigenvalue weighted by Crippen LogP contribution is -2.60. The molecule has 1 saturated carbocycles. The van der Waals surface area contributed by atoms with E-state index in [9.17, 15) is 9.59 Å². The van der Waals surface area contributed by atoms with Crippen LogP contribution < -0.4 is 10.6 Å². The second-order valence-corrected chi connectivity index (χ2v) is 10.4. The molecule has 8 heteroatoms. The molecule has 0 aromatic carbocycles. The molecule has 0 spiro atoms. The molecule has 29 heavy (non-hydrogen) atoms. The molecule has 4 rings (SSSR count). The van der Waals surface area contributed by atoms with Gasteiger partial charge in [-0.1, -0.05) is 13.8 Å². The third kappa shape index (κ3) is 4.09. The Morgan fingerprint density at radius 1 is 1.38 bits per heavy atom. The molecule has 6 nitrogen and oxygen atoms in total. The number of rotatable bonds is 6. The van der Waals surface area contributed by atoms with E-state index < -0.39 is 0 Å². The zero-order valence-corrected chi connectivity index (χ0v) is 18.7. The molecular weight excluding hydrogens is 452 g/mol. The van der Waals surface area contributed by atoms with E-state index in [1.165, 1.54) is 0 Å². The van der Waals surface area contributed by atoms with Crippen molar-refractivity contribution in [1.82, 2.24) is 20.2 Å².